The minimum atomic E-state index is -4.90. The molecule has 0 heterocycles. The van der Waals surface area contributed by atoms with Crippen molar-refractivity contribution in [3.05, 3.63) is 35.4 Å². The van der Waals surface area contributed by atoms with E-state index in [2.05, 4.69) is 0 Å². The summed E-state index contributed by atoms with van der Waals surface area (Å²) in [6, 6.07) is 0.748. The van der Waals surface area contributed by atoms with Gasteiger partial charge in [-0.2, -0.15) is 26.3 Å². The summed E-state index contributed by atoms with van der Waals surface area (Å²) in [4.78, 5) is 0. The van der Waals surface area contributed by atoms with Gasteiger partial charge in [0.05, 0.1) is 5.56 Å². The smallest absolute Gasteiger partial charge is 0.316 e. The summed E-state index contributed by atoms with van der Waals surface area (Å²) >= 11 is 0. The second-order valence-corrected chi connectivity index (χ2v) is 3.10. The molecule has 17 heavy (non-hydrogen) atoms. The Morgan fingerprint density at radius 3 is 1.82 bits per heavy atom. The van der Waals surface area contributed by atoms with Crippen molar-refractivity contribution in [3.63, 3.8) is 0 Å². The molecule has 2 N–H and O–H groups in total. The van der Waals surface area contributed by atoms with Gasteiger partial charge >= 0.3 is 12.4 Å². The van der Waals surface area contributed by atoms with Crippen LogP contribution < -0.4 is 5.73 Å². The van der Waals surface area contributed by atoms with Gasteiger partial charge in [0, 0.05) is 0 Å². The Hall–Kier alpha value is -0.950. The Labute approximate surface area is 99.0 Å². The van der Waals surface area contributed by atoms with Gasteiger partial charge in [0.15, 0.2) is 0 Å². The SMILES string of the molecule is Cl.N[C@@H](c1ccccc1C(F)(F)F)C(F)(F)F. The fourth-order valence-corrected chi connectivity index (χ4v) is 1.20. The lowest BCUT2D eigenvalue weighted by molar-refractivity contribution is -0.155. The van der Waals surface area contributed by atoms with E-state index in [0.29, 0.717) is 6.07 Å². The van der Waals surface area contributed by atoms with Crippen LogP contribution >= 0.6 is 12.4 Å². The Kier molecular flexibility index (Phi) is 4.85. The highest BCUT2D eigenvalue weighted by atomic mass is 35.5. The Balaban J connectivity index is 0.00000256. The van der Waals surface area contributed by atoms with Crippen molar-refractivity contribution in [2.24, 2.45) is 5.73 Å². The molecule has 0 aliphatic heterocycles. The molecule has 1 rings (SSSR count). The van der Waals surface area contributed by atoms with Gasteiger partial charge < -0.3 is 5.73 Å². The van der Waals surface area contributed by atoms with E-state index in [9.17, 15) is 26.3 Å². The zero-order valence-electron chi connectivity index (χ0n) is 8.14. The molecule has 0 amide bonds. The fraction of sp³-hybridized carbons (Fsp3) is 0.333. The Bertz CT molecular complexity index is 372. The number of nitrogens with two attached hydrogens (primary N) is 1. The first kappa shape index (κ1) is 16.1. The van der Waals surface area contributed by atoms with Crippen LogP contribution in [0, 0.1) is 0 Å². The molecule has 8 heteroatoms. The van der Waals surface area contributed by atoms with E-state index < -0.39 is 29.5 Å². The predicted octanol–water partition coefficient (Wildman–Crippen LogP) is 3.69. The summed E-state index contributed by atoms with van der Waals surface area (Å²) in [7, 11) is 0. The van der Waals surface area contributed by atoms with Crippen LogP contribution in [0.1, 0.15) is 17.2 Å². The van der Waals surface area contributed by atoms with Crippen molar-refractivity contribution in [2.45, 2.75) is 18.4 Å². The van der Waals surface area contributed by atoms with Gasteiger partial charge in [-0.3, -0.25) is 0 Å². The average Bonchev–Trinajstić information content (AvgIpc) is 2.14. The van der Waals surface area contributed by atoms with Crippen LogP contribution in [0.4, 0.5) is 26.3 Å². The first-order chi connectivity index (χ1) is 7.14. The Morgan fingerprint density at radius 2 is 1.41 bits per heavy atom. The van der Waals surface area contributed by atoms with E-state index in [4.69, 9.17) is 5.73 Å². The van der Waals surface area contributed by atoms with Crippen LogP contribution in [0.25, 0.3) is 0 Å². The van der Waals surface area contributed by atoms with Crippen LogP contribution in [0.15, 0.2) is 24.3 Å². The normalized spacial score (nSPS) is 14.1. The van der Waals surface area contributed by atoms with Crippen molar-refractivity contribution in [1.82, 2.24) is 0 Å². The molecule has 0 radical (unpaired) electrons. The van der Waals surface area contributed by atoms with Crippen molar-refractivity contribution in [3.8, 4) is 0 Å². The quantitative estimate of drug-likeness (QED) is 0.780. The molecule has 98 valence electrons. The number of hydrogen-bond donors (Lipinski definition) is 1. The molecule has 0 spiro atoms. The third kappa shape index (κ3) is 3.78. The summed E-state index contributed by atoms with van der Waals surface area (Å²) < 4.78 is 73.8. The van der Waals surface area contributed by atoms with Crippen molar-refractivity contribution >= 4 is 12.4 Å². The van der Waals surface area contributed by atoms with Gasteiger partial charge in [-0.05, 0) is 11.6 Å². The van der Waals surface area contributed by atoms with Crippen LogP contribution in [0.3, 0.4) is 0 Å². The van der Waals surface area contributed by atoms with E-state index >= 15 is 0 Å². The maximum absolute atomic E-state index is 12.4. The molecule has 1 atom stereocenters. The van der Waals surface area contributed by atoms with Gasteiger partial charge in [0.25, 0.3) is 0 Å². The van der Waals surface area contributed by atoms with E-state index in [1.54, 1.807) is 0 Å². The molecule has 0 saturated heterocycles. The molecular formula is C9H8ClF6N. The monoisotopic (exact) mass is 279 g/mol. The summed E-state index contributed by atoms with van der Waals surface area (Å²) in [6.45, 7) is 0. The standard InChI is InChI=1S/C9H7F6N.ClH/c10-8(11,12)6-4-2-1-3-5(6)7(16)9(13,14)15;/h1-4,7H,16H2;1H/t7-;/m0./s1. The molecule has 0 aromatic heterocycles. The van der Waals surface area contributed by atoms with E-state index in [1.807, 2.05) is 0 Å². The van der Waals surface area contributed by atoms with Gasteiger partial charge in [0.2, 0.25) is 0 Å². The zero-order valence-corrected chi connectivity index (χ0v) is 8.96. The highest BCUT2D eigenvalue weighted by Crippen LogP contribution is 2.38. The summed E-state index contributed by atoms with van der Waals surface area (Å²) in [5, 5.41) is 0. The largest absolute Gasteiger partial charge is 0.416 e. The number of hydrogen-bond acceptors (Lipinski definition) is 1. The highest BCUT2D eigenvalue weighted by Gasteiger charge is 2.43. The third-order valence-electron chi connectivity index (χ3n) is 1.95. The highest BCUT2D eigenvalue weighted by molar-refractivity contribution is 5.85. The van der Waals surface area contributed by atoms with Crippen LogP contribution in [-0.4, -0.2) is 6.18 Å². The van der Waals surface area contributed by atoms with Crippen molar-refractivity contribution in [1.29, 1.82) is 0 Å². The molecule has 1 nitrogen and oxygen atoms in total. The topological polar surface area (TPSA) is 26.0 Å². The van der Waals surface area contributed by atoms with Crippen molar-refractivity contribution < 1.29 is 26.3 Å². The number of halogens is 7. The minimum absolute atomic E-state index is 0. The molecule has 0 bridgehead atoms. The lowest BCUT2D eigenvalue weighted by Gasteiger charge is -2.20. The van der Waals surface area contributed by atoms with Gasteiger partial charge in [-0.25, -0.2) is 0 Å². The maximum atomic E-state index is 12.4. The molecule has 0 fully saturated rings. The molecule has 1 aromatic carbocycles. The van der Waals surface area contributed by atoms with Gasteiger partial charge in [-0.1, -0.05) is 18.2 Å². The molecule has 0 aliphatic carbocycles. The molecule has 0 aliphatic rings. The predicted molar refractivity (Wildman–Crippen MR) is 51.7 cm³/mol. The fourth-order valence-electron chi connectivity index (χ4n) is 1.20. The lowest BCUT2D eigenvalue weighted by atomic mass is 10.0. The summed E-state index contributed by atoms with van der Waals surface area (Å²) in [5.74, 6) is 0. The maximum Gasteiger partial charge on any atom is 0.416 e. The second kappa shape index (κ2) is 5.14. The average molecular weight is 280 g/mol. The molecular weight excluding hydrogens is 272 g/mol. The van der Waals surface area contributed by atoms with E-state index in [0.717, 1.165) is 18.2 Å². The number of rotatable bonds is 1. The first-order valence-electron chi connectivity index (χ1n) is 4.12. The van der Waals surface area contributed by atoms with Gasteiger partial charge in [0.1, 0.15) is 6.04 Å². The summed E-state index contributed by atoms with van der Waals surface area (Å²) in [6.07, 6.45) is -9.75. The number of alkyl halides is 6. The van der Waals surface area contributed by atoms with Crippen LogP contribution in [0.5, 0.6) is 0 Å². The number of benzene rings is 1. The molecule has 1 aromatic rings. The third-order valence-corrected chi connectivity index (χ3v) is 1.95. The van der Waals surface area contributed by atoms with Crippen molar-refractivity contribution in [2.75, 3.05) is 0 Å². The van der Waals surface area contributed by atoms with E-state index in [-0.39, 0.29) is 12.4 Å². The second-order valence-electron chi connectivity index (χ2n) is 3.10. The van der Waals surface area contributed by atoms with E-state index in [1.165, 1.54) is 0 Å². The minimum Gasteiger partial charge on any atom is -0.316 e. The van der Waals surface area contributed by atoms with Crippen LogP contribution in [0.2, 0.25) is 0 Å². The molecule has 0 saturated carbocycles. The van der Waals surface area contributed by atoms with Gasteiger partial charge in [-0.15, -0.1) is 12.4 Å². The van der Waals surface area contributed by atoms with Crippen LogP contribution in [-0.2, 0) is 6.18 Å². The first-order valence-corrected chi connectivity index (χ1v) is 4.12. The summed E-state index contributed by atoms with van der Waals surface area (Å²) in [5.41, 5.74) is 2.41. The lowest BCUT2D eigenvalue weighted by Crippen LogP contribution is -2.30. The zero-order chi connectivity index (χ0) is 12.6. The Morgan fingerprint density at radius 1 is 0.941 bits per heavy atom. The molecule has 0 unspecified atom stereocenters.